The number of ether oxygens (including phenoxy) is 1. The number of aliphatic imine (C=N–C) groups is 1. The van der Waals surface area contributed by atoms with Crippen LogP contribution in [0.25, 0.3) is 11.3 Å². The van der Waals surface area contributed by atoms with Gasteiger partial charge < -0.3 is 25.3 Å². The maximum Gasteiger partial charge on any atom is 0.253 e. The standard InChI is InChI=1S/C25H30N6O2/c1-6-27-23(24-28-16-22(31(24)4)18-7-10-20(33-5)11-8-18)29-19-9-12-21(17(2)15-19)25(32)30(3)14-13-26/h6-12,15-16H,1,13-14,26H2,2-5H3,(H,27,29). The largest absolute Gasteiger partial charge is 0.497 e. The Balaban J connectivity index is 1.87. The van der Waals surface area contributed by atoms with E-state index in [9.17, 15) is 4.79 Å². The van der Waals surface area contributed by atoms with Gasteiger partial charge in [-0.25, -0.2) is 9.98 Å². The Bertz CT molecular complexity index is 1160. The van der Waals surface area contributed by atoms with E-state index in [-0.39, 0.29) is 5.91 Å². The molecule has 33 heavy (non-hydrogen) atoms. The highest BCUT2D eigenvalue weighted by atomic mass is 16.5. The van der Waals surface area contributed by atoms with Crippen LogP contribution in [0.2, 0.25) is 0 Å². The van der Waals surface area contributed by atoms with E-state index >= 15 is 0 Å². The van der Waals surface area contributed by atoms with Gasteiger partial charge in [-0.05, 0) is 55.0 Å². The number of aryl methyl sites for hydroxylation is 1. The van der Waals surface area contributed by atoms with E-state index in [1.807, 2.05) is 54.9 Å². The van der Waals surface area contributed by atoms with Crippen molar-refractivity contribution in [2.75, 3.05) is 32.6 Å². The van der Waals surface area contributed by atoms with Crippen molar-refractivity contribution in [3.05, 3.63) is 78.4 Å². The minimum absolute atomic E-state index is 0.0577. The fraction of sp³-hybridized carbons (Fsp3) is 0.240. The van der Waals surface area contributed by atoms with Crippen molar-refractivity contribution < 1.29 is 9.53 Å². The van der Waals surface area contributed by atoms with E-state index in [0.29, 0.717) is 30.3 Å². The molecule has 0 radical (unpaired) electrons. The molecule has 172 valence electrons. The summed E-state index contributed by atoms with van der Waals surface area (Å²) in [6, 6.07) is 13.4. The molecule has 0 atom stereocenters. The lowest BCUT2D eigenvalue weighted by atomic mass is 10.1. The number of likely N-dealkylation sites (N-methyl/N-ethyl adjacent to an activating group) is 1. The van der Waals surface area contributed by atoms with Gasteiger partial charge in [0.15, 0.2) is 11.7 Å². The molecule has 0 fully saturated rings. The average molecular weight is 447 g/mol. The summed E-state index contributed by atoms with van der Waals surface area (Å²) < 4.78 is 7.20. The second kappa shape index (κ2) is 10.6. The van der Waals surface area contributed by atoms with Gasteiger partial charge in [-0.15, -0.1) is 0 Å². The van der Waals surface area contributed by atoms with Crippen LogP contribution in [0, 0.1) is 6.92 Å². The van der Waals surface area contributed by atoms with E-state index in [4.69, 9.17) is 10.5 Å². The Morgan fingerprint density at radius 1 is 1.30 bits per heavy atom. The maximum atomic E-state index is 12.6. The number of methoxy groups -OCH3 is 1. The molecule has 0 spiro atoms. The van der Waals surface area contributed by atoms with Crippen molar-refractivity contribution in [3.63, 3.8) is 0 Å². The predicted octanol–water partition coefficient (Wildman–Crippen LogP) is 3.44. The first-order chi connectivity index (χ1) is 15.9. The molecule has 0 unspecified atom stereocenters. The number of nitrogens with zero attached hydrogens (tertiary/aromatic N) is 4. The number of hydrogen-bond donors (Lipinski definition) is 2. The van der Waals surface area contributed by atoms with Crippen molar-refractivity contribution in [2.45, 2.75) is 6.92 Å². The van der Waals surface area contributed by atoms with Crippen LogP contribution in [-0.4, -0.2) is 53.4 Å². The first-order valence-electron chi connectivity index (χ1n) is 10.6. The third kappa shape index (κ3) is 5.30. The summed E-state index contributed by atoms with van der Waals surface area (Å²) in [7, 11) is 5.32. The zero-order valence-electron chi connectivity index (χ0n) is 19.5. The monoisotopic (exact) mass is 446 g/mol. The molecule has 3 rings (SSSR count). The highest BCUT2D eigenvalue weighted by Crippen LogP contribution is 2.24. The average Bonchev–Trinajstić information content (AvgIpc) is 3.20. The zero-order valence-corrected chi connectivity index (χ0v) is 19.5. The number of rotatable bonds is 8. The molecule has 0 saturated carbocycles. The Labute approximate surface area is 194 Å². The first-order valence-corrected chi connectivity index (χ1v) is 10.6. The summed E-state index contributed by atoms with van der Waals surface area (Å²) in [6.07, 6.45) is 3.27. The number of aromatic nitrogens is 2. The number of nitrogens with one attached hydrogen (secondary N) is 1. The minimum Gasteiger partial charge on any atom is -0.497 e. The maximum absolute atomic E-state index is 12.6. The van der Waals surface area contributed by atoms with Gasteiger partial charge >= 0.3 is 0 Å². The summed E-state index contributed by atoms with van der Waals surface area (Å²) in [5, 5.41) is 3.31. The number of carbonyl (C=O) groups is 1. The summed E-state index contributed by atoms with van der Waals surface area (Å²) in [6.45, 7) is 6.56. The van der Waals surface area contributed by atoms with Gasteiger partial charge in [0, 0.05) is 50.2 Å². The SMILES string of the molecule is C=CN=C(Nc1ccc(C(=O)N(C)CCN)c(C)c1)c1ncc(-c2ccc(OC)cc2)n1C. The van der Waals surface area contributed by atoms with Gasteiger partial charge in [-0.1, -0.05) is 6.58 Å². The number of hydrogen-bond acceptors (Lipinski definition) is 5. The van der Waals surface area contributed by atoms with Crippen molar-refractivity contribution in [3.8, 4) is 17.0 Å². The summed E-state index contributed by atoms with van der Waals surface area (Å²) in [4.78, 5) is 23.2. The number of nitrogens with two attached hydrogens (primary N) is 1. The molecule has 8 heteroatoms. The lowest BCUT2D eigenvalue weighted by molar-refractivity contribution is 0.0798. The smallest absolute Gasteiger partial charge is 0.253 e. The lowest BCUT2D eigenvalue weighted by Gasteiger charge is -2.18. The minimum atomic E-state index is -0.0577. The quantitative estimate of drug-likeness (QED) is 0.408. The van der Waals surface area contributed by atoms with Gasteiger partial charge in [0.25, 0.3) is 5.91 Å². The first kappa shape index (κ1) is 23.7. The van der Waals surface area contributed by atoms with Crippen molar-refractivity contribution >= 4 is 17.4 Å². The fourth-order valence-corrected chi connectivity index (χ4v) is 3.52. The second-order valence-electron chi connectivity index (χ2n) is 7.58. The molecule has 1 aromatic heterocycles. The number of anilines is 1. The van der Waals surface area contributed by atoms with E-state index in [2.05, 4.69) is 21.9 Å². The van der Waals surface area contributed by atoms with Crippen LogP contribution in [0.15, 0.2) is 66.4 Å². The molecule has 0 saturated heterocycles. The van der Waals surface area contributed by atoms with Crippen LogP contribution in [0.4, 0.5) is 5.69 Å². The molecule has 1 heterocycles. The number of imidazole rings is 1. The van der Waals surface area contributed by atoms with Crippen LogP contribution in [0.3, 0.4) is 0 Å². The Morgan fingerprint density at radius 2 is 2.03 bits per heavy atom. The van der Waals surface area contributed by atoms with E-state index in [1.165, 1.54) is 6.20 Å². The van der Waals surface area contributed by atoms with Crippen LogP contribution in [-0.2, 0) is 7.05 Å². The summed E-state index contributed by atoms with van der Waals surface area (Å²) >= 11 is 0. The van der Waals surface area contributed by atoms with E-state index in [1.54, 1.807) is 31.3 Å². The third-order valence-electron chi connectivity index (χ3n) is 5.34. The molecule has 0 bridgehead atoms. The topological polar surface area (TPSA) is 97.8 Å². The van der Waals surface area contributed by atoms with Gasteiger partial charge in [-0.2, -0.15) is 0 Å². The van der Waals surface area contributed by atoms with Crippen LogP contribution < -0.4 is 15.8 Å². The molecular formula is C25H30N6O2. The Morgan fingerprint density at radius 3 is 2.64 bits per heavy atom. The molecule has 3 aromatic rings. The Hall–Kier alpha value is -3.91. The molecule has 3 N–H and O–H groups in total. The third-order valence-corrected chi connectivity index (χ3v) is 5.34. The molecule has 8 nitrogen and oxygen atoms in total. The van der Waals surface area contributed by atoms with Crippen LogP contribution in [0.5, 0.6) is 5.75 Å². The number of benzene rings is 2. The molecule has 2 aromatic carbocycles. The summed E-state index contributed by atoms with van der Waals surface area (Å²) in [5.41, 5.74) is 9.80. The lowest BCUT2D eigenvalue weighted by Crippen LogP contribution is -2.32. The molecular weight excluding hydrogens is 416 g/mol. The molecule has 0 aliphatic carbocycles. The van der Waals surface area contributed by atoms with Crippen molar-refractivity contribution in [1.29, 1.82) is 0 Å². The van der Waals surface area contributed by atoms with Crippen molar-refractivity contribution in [2.24, 2.45) is 17.8 Å². The fourth-order valence-electron chi connectivity index (χ4n) is 3.52. The van der Waals surface area contributed by atoms with E-state index in [0.717, 1.165) is 28.3 Å². The van der Waals surface area contributed by atoms with Gasteiger partial charge in [0.05, 0.1) is 19.0 Å². The van der Waals surface area contributed by atoms with Crippen LogP contribution in [0.1, 0.15) is 21.7 Å². The van der Waals surface area contributed by atoms with Gasteiger partial charge in [0.1, 0.15) is 5.75 Å². The highest BCUT2D eigenvalue weighted by molar-refractivity contribution is 6.07. The number of amidine groups is 1. The second-order valence-corrected chi connectivity index (χ2v) is 7.58. The molecule has 0 aliphatic heterocycles. The van der Waals surface area contributed by atoms with Crippen molar-refractivity contribution in [1.82, 2.24) is 14.5 Å². The Kier molecular flexibility index (Phi) is 7.63. The predicted molar refractivity (Wildman–Crippen MR) is 133 cm³/mol. The van der Waals surface area contributed by atoms with E-state index < -0.39 is 0 Å². The molecule has 1 amide bonds. The van der Waals surface area contributed by atoms with Gasteiger partial charge in [0.2, 0.25) is 0 Å². The summed E-state index contributed by atoms with van der Waals surface area (Å²) in [5.74, 6) is 1.94. The number of carbonyl (C=O) groups excluding carboxylic acids is 1. The van der Waals surface area contributed by atoms with Crippen LogP contribution >= 0.6 is 0 Å². The normalized spacial score (nSPS) is 11.2. The van der Waals surface area contributed by atoms with Gasteiger partial charge in [-0.3, -0.25) is 4.79 Å². The molecule has 0 aliphatic rings. The number of amides is 1. The highest BCUT2D eigenvalue weighted by Gasteiger charge is 2.17. The zero-order chi connectivity index (χ0) is 24.0.